The maximum atomic E-state index is 11.4. The number of esters is 1. The largest absolute Gasteiger partial charge is 0.469 e. The van der Waals surface area contributed by atoms with E-state index >= 15 is 0 Å². The van der Waals surface area contributed by atoms with Crippen molar-refractivity contribution in [3.8, 4) is 0 Å². The predicted octanol–water partition coefficient (Wildman–Crippen LogP) is 0.0569. The molecule has 0 unspecified atom stereocenters. The fourth-order valence-electron chi connectivity index (χ4n) is 1.55. The Morgan fingerprint density at radius 1 is 1.20 bits per heavy atom. The maximum absolute atomic E-state index is 11.4. The fraction of sp³-hybridized carbons (Fsp3) is 0.600. The van der Waals surface area contributed by atoms with Gasteiger partial charge < -0.3 is 4.74 Å². The molecule has 1 saturated carbocycles. The smallest absolute Gasteiger partial charge is 0.305 e. The quantitative estimate of drug-likeness (QED) is 0.486. The van der Waals surface area contributed by atoms with E-state index in [4.69, 9.17) is 0 Å². The standard InChI is InChI=1S/C10H12O5/c1-15-9(14)5-4-8(13)10-6(11)2-3-7(10)12/h10H,2-5H2,1H3. The molecule has 82 valence electrons. The SMILES string of the molecule is COC(=O)CCC(=O)C1C(=O)CCC1=O. The highest BCUT2D eigenvalue weighted by atomic mass is 16.5. The van der Waals surface area contributed by atoms with Crippen LogP contribution in [0.25, 0.3) is 0 Å². The van der Waals surface area contributed by atoms with E-state index in [1.165, 1.54) is 7.11 Å². The zero-order valence-electron chi connectivity index (χ0n) is 8.45. The lowest BCUT2D eigenvalue weighted by molar-refractivity contribution is -0.144. The first-order valence-corrected chi connectivity index (χ1v) is 4.71. The van der Waals surface area contributed by atoms with Crippen molar-refractivity contribution in [1.29, 1.82) is 0 Å². The monoisotopic (exact) mass is 212 g/mol. The number of Topliss-reactive ketones (excluding diaryl/α,β-unsaturated/α-hetero) is 3. The van der Waals surface area contributed by atoms with Crippen LogP contribution < -0.4 is 0 Å². The van der Waals surface area contributed by atoms with Crippen LogP contribution in [0.4, 0.5) is 0 Å². The van der Waals surface area contributed by atoms with Gasteiger partial charge in [0.15, 0.2) is 17.3 Å². The molecule has 0 radical (unpaired) electrons. The molecule has 0 aromatic rings. The van der Waals surface area contributed by atoms with E-state index in [1.54, 1.807) is 0 Å². The Balaban J connectivity index is 2.50. The Hall–Kier alpha value is -1.52. The van der Waals surface area contributed by atoms with Crippen LogP contribution in [0.15, 0.2) is 0 Å². The molecule has 1 fully saturated rings. The third-order valence-electron chi connectivity index (χ3n) is 2.39. The van der Waals surface area contributed by atoms with Crippen LogP contribution in [-0.2, 0) is 23.9 Å². The second-order valence-electron chi connectivity index (χ2n) is 3.41. The van der Waals surface area contributed by atoms with Crippen LogP contribution in [0, 0.1) is 5.92 Å². The average molecular weight is 212 g/mol. The number of hydrogen-bond acceptors (Lipinski definition) is 5. The number of hydrogen-bond donors (Lipinski definition) is 0. The van der Waals surface area contributed by atoms with Crippen molar-refractivity contribution in [1.82, 2.24) is 0 Å². The third kappa shape index (κ3) is 2.71. The molecule has 0 heterocycles. The lowest BCUT2D eigenvalue weighted by atomic mass is 9.97. The Morgan fingerprint density at radius 2 is 1.73 bits per heavy atom. The van der Waals surface area contributed by atoms with Crippen LogP contribution in [0.5, 0.6) is 0 Å². The fourth-order valence-corrected chi connectivity index (χ4v) is 1.55. The number of ether oxygens (including phenoxy) is 1. The molecule has 1 aliphatic rings. The van der Waals surface area contributed by atoms with Gasteiger partial charge in [-0.1, -0.05) is 0 Å². The van der Waals surface area contributed by atoms with E-state index in [9.17, 15) is 19.2 Å². The molecule has 1 rings (SSSR count). The van der Waals surface area contributed by atoms with Gasteiger partial charge in [-0.25, -0.2) is 0 Å². The van der Waals surface area contributed by atoms with Gasteiger partial charge in [0.25, 0.3) is 0 Å². The summed E-state index contributed by atoms with van der Waals surface area (Å²) >= 11 is 0. The summed E-state index contributed by atoms with van der Waals surface area (Å²) in [5.74, 6) is -2.74. The van der Waals surface area contributed by atoms with Gasteiger partial charge in [-0.15, -0.1) is 0 Å². The minimum absolute atomic E-state index is 0.0770. The molecule has 0 bridgehead atoms. The van der Waals surface area contributed by atoms with E-state index in [1.807, 2.05) is 0 Å². The van der Waals surface area contributed by atoms with Gasteiger partial charge in [0.05, 0.1) is 13.5 Å². The van der Waals surface area contributed by atoms with E-state index in [-0.39, 0.29) is 37.2 Å². The number of rotatable bonds is 4. The molecule has 0 atom stereocenters. The average Bonchev–Trinajstić information content (AvgIpc) is 2.54. The third-order valence-corrected chi connectivity index (χ3v) is 2.39. The zero-order valence-corrected chi connectivity index (χ0v) is 8.45. The number of ketones is 3. The van der Waals surface area contributed by atoms with Crippen molar-refractivity contribution in [2.45, 2.75) is 25.7 Å². The lowest BCUT2D eigenvalue weighted by Gasteiger charge is -2.04. The molecule has 0 N–H and O–H groups in total. The maximum Gasteiger partial charge on any atom is 0.305 e. The second-order valence-corrected chi connectivity index (χ2v) is 3.41. The first-order chi connectivity index (χ1) is 7.06. The minimum atomic E-state index is -1.12. The lowest BCUT2D eigenvalue weighted by Crippen LogP contribution is -2.25. The van der Waals surface area contributed by atoms with Gasteiger partial charge >= 0.3 is 5.97 Å². The summed E-state index contributed by atoms with van der Waals surface area (Å²) in [5, 5.41) is 0. The van der Waals surface area contributed by atoms with Crippen molar-refractivity contribution in [2.24, 2.45) is 5.92 Å². The molecule has 1 aliphatic carbocycles. The molecule has 15 heavy (non-hydrogen) atoms. The summed E-state index contributed by atoms with van der Waals surface area (Å²) in [6.45, 7) is 0. The van der Waals surface area contributed by atoms with Crippen LogP contribution >= 0.6 is 0 Å². The summed E-state index contributed by atoms with van der Waals surface area (Å²) in [5.41, 5.74) is 0. The summed E-state index contributed by atoms with van der Waals surface area (Å²) in [6.07, 6.45) is 0.113. The molecule has 5 nitrogen and oxygen atoms in total. The molecule has 5 heteroatoms. The Kier molecular flexibility index (Phi) is 3.71. The molecule has 0 aromatic heterocycles. The van der Waals surface area contributed by atoms with Crippen molar-refractivity contribution in [2.75, 3.05) is 7.11 Å². The predicted molar refractivity (Wildman–Crippen MR) is 49.0 cm³/mol. The zero-order chi connectivity index (χ0) is 11.4. The molecule has 0 spiro atoms. The molecule has 0 aliphatic heterocycles. The Morgan fingerprint density at radius 3 is 2.20 bits per heavy atom. The van der Waals surface area contributed by atoms with E-state index < -0.39 is 17.7 Å². The van der Waals surface area contributed by atoms with Crippen LogP contribution in [0.3, 0.4) is 0 Å². The van der Waals surface area contributed by atoms with E-state index in [2.05, 4.69) is 4.74 Å². The first-order valence-electron chi connectivity index (χ1n) is 4.71. The van der Waals surface area contributed by atoms with Gasteiger partial charge in [-0.3, -0.25) is 19.2 Å². The van der Waals surface area contributed by atoms with E-state index in [0.29, 0.717) is 0 Å². The van der Waals surface area contributed by atoms with Crippen molar-refractivity contribution < 1.29 is 23.9 Å². The highest BCUT2D eigenvalue weighted by molar-refractivity contribution is 6.23. The summed E-state index contributed by atoms with van der Waals surface area (Å²) < 4.78 is 4.36. The second kappa shape index (κ2) is 4.82. The molecule has 0 saturated heterocycles. The molecular formula is C10H12O5. The molecule has 0 aromatic carbocycles. The summed E-state index contributed by atoms with van der Waals surface area (Å²) in [6, 6.07) is 0. The Labute approximate surface area is 86.8 Å². The first kappa shape index (κ1) is 11.6. The van der Waals surface area contributed by atoms with Gasteiger partial charge in [-0.05, 0) is 0 Å². The highest BCUT2D eigenvalue weighted by Crippen LogP contribution is 2.20. The molecule has 0 amide bonds. The normalized spacial score (nSPS) is 16.9. The van der Waals surface area contributed by atoms with Crippen molar-refractivity contribution in [3.05, 3.63) is 0 Å². The van der Waals surface area contributed by atoms with Gasteiger partial charge in [-0.2, -0.15) is 0 Å². The van der Waals surface area contributed by atoms with Crippen LogP contribution in [0.2, 0.25) is 0 Å². The summed E-state index contributed by atoms with van der Waals surface area (Å²) in [4.78, 5) is 44.6. The summed E-state index contributed by atoms with van der Waals surface area (Å²) in [7, 11) is 1.22. The number of carbonyl (C=O) groups excluding carboxylic acids is 4. The van der Waals surface area contributed by atoms with Crippen LogP contribution in [0.1, 0.15) is 25.7 Å². The number of carbonyl (C=O) groups is 4. The number of methoxy groups -OCH3 is 1. The Bertz CT molecular complexity index is 302. The van der Waals surface area contributed by atoms with Crippen LogP contribution in [-0.4, -0.2) is 30.4 Å². The van der Waals surface area contributed by atoms with Crippen molar-refractivity contribution in [3.63, 3.8) is 0 Å². The van der Waals surface area contributed by atoms with Crippen molar-refractivity contribution >= 4 is 23.3 Å². The highest BCUT2D eigenvalue weighted by Gasteiger charge is 2.38. The topological polar surface area (TPSA) is 77.5 Å². The van der Waals surface area contributed by atoms with Gasteiger partial charge in [0.1, 0.15) is 5.92 Å². The van der Waals surface area contributed by atoms with Gasteiger partial charge in [0.2, 0.25) is 0 Å². The minimum Gasteiger partial charge on any atom is -0.469 e. The van der Waals surface area contributed by atoms with Gasteiger partial charge in [0, 0.05) is 19.3 Å². The van der Waals surface area contributed by atoms with E-state index in [0.717, 1.165) is 0 Å². The molecular weight excluding hydrogens is 200 g/mol.